The van der Waals surface area contributed by atoms with Gasteiger partial charge >= 0.3 is 0 Å². The van der Waals surface area contributed by atoms with E-state index in [0.29, 0.717) is 5.02 Å². The third-order valence-corrected chi connectivity index (χ3v) is 2.69. The van der Waals surface area contributed by atoms with Gasteiger partial charge in [0.05, 0.1) is 11.8 Å². The minimum atomic E-state index is -0.583. The molecule has 1 amide bonds. The predicted octanol–water partition coefficient (Wildman–Crippen LogP) is 2.52. The number of carbonyl (C=O) groups excluding carboxylic acids is 1. The lowest BCUT2D eigenvalue weighted by Crippen LogP contribution is -2.17. The van der Waals surface area contributed by atoms with Gasteiger partial charge in [-0.1, -0.05) is 23.7 Å². The molecule has 3 N–H and O–H groups in total. The second-order valence-electron chi connectivity index (χ2n) is 3.96. The third-order valence-electron chi connectivity index (χ3n) is 2.45. The topological polar surface area (TPSA) is 81.9 Å². The monoisotopic (exact) mass is 290 g/mol. The average molecular weight is 291 g/mol. The number of hydrazone groups is 1. The summed E-state index contributed by atoms with van der Waals surface area (Å²) in [6.07, 6.45) is 1.43. The maximum absolute atomic E-state index is 11.7. The number of nitrogens with one attached hydrogen (secondary N) is 1. The van der Waals surface area contributed by atoms with Gasteiger partial charge < -0.3 is 10.2 Å². The summed E-state index contributed by atoms with van der Waals surface area (Å²) in [6.45, 7) is 0. The first-order valence-corrected chi connectivity index (χ1v) is 6.05. The van der Waals surface area contributed by atoms with Gasteiger partial charge in [0, 0.05) is 11.1 Å². The summed E-state index contributed by atoms with van der Waals surface area (Å²) in [7, 11) is 0. The van der Waals surface area contributed by atoms with Gasteiger partial charge in [0.25, 0.3) is 5.91 Å². The molecule has 0 unspecified atom stereocenters. The number of nitrogens with zero attached hydrogens (tertiary/aromatic N) is 1. The maximum Gasteiger partial charge on any atom is 0.275 e. The summed E-state index contributed by atoms with van der Waals surface area (Å²) in [4.78, 5) is 11.7. The minimum absolute atomic E-state index is 0.0195. The summed E-state index contributed by atoms with van der Waals surface area (Å²) in [6, 6.07) is 10.6. The molecule has 0 aromatic heterocycles. The summed E-state index contributed by atoms with van der Waals surface area (Å²) in [5.41, 5.74) is 3.02. The number of hydrogen-bond donors (Lipinski definition) is 3. The molecule has 2 aromatic carbocycles. The Morgan fingerprint density at radius 1 is 1.20 bits per heavy atom. The van der Waals surface area contributed by atoms with E-state index in [1.807, 2.05) is 0 Å². The Morgan fingerprint density at radius 2 is 2.00 bits per heavy atom. The number of hydrogen-bond acceptors (Lipinski definition) is 4. The average Bonchev–Trinajstić information content (AvgIpc) is 2.38. The highest BCUT2D eigenvalue weighted by Gasteiger charge is 2.10. The van der Waals surface area contributed by atoms with Gasteiger partial charge in [0.15, 0.2) is 0 Å². The molecule has 0 aliphatic carbocycles. The Kier molecular flexibility index (Phi) is 4.22. The maximum atomic E-state index is 11.7. The smallest absolute Gasteiger partial charge is 0.275 e. The Balaban J connectivity index is 2.05. The number of phenolic OH excluding ortho intramolecular Hbond substituents is 2. The Bertz CT molecular complexity index is 671. The lowest BCUT2D eigenvalue weighted by Gasteiger charge is -2.03. The SMILES string of the molecule is O=C(N/N=C/c1cccc(Cl)c1)c1ccc(O)cc1O. The molecule has 0 fully saturated rings. The molecule has 6 heteroatoms. The molecular weight excluding hydrogens is 280 g/mol. The highest BCUT2D eigenvalue weighted by molar-refractivity contribution is 6.30. The van der Waals surface area contributed by atoms with Gasteiger partial charge in [0.1, 0.15) is 11.5 Å². The molecule has 0 spiro atoms. The van der Waals surface area contributed by atoms with Gasteiger partial charge in [-0.3, -0.25) is 4.79 Å². The Labute approximate surface area is 120 Å². The molecule has 102 valence electrons. The van der Waals surface area contributed by atoms with Crippen molar-refractivity contribution in [3.8, 4) is 11.5 Å². The number of phenols is 2. The highest BCUT2D eigenvalue weighted by atomic mass is 35.5. The highest BCUT2D eigenvalue weighted by Crippen LogP contribution is 2.22. The van der Waals surface area contributed by atoms with Crippen molar-refractivity contribution in [2.75, 3.05) is 0 Å². The van der Waals surface area contributed by atoms with Crippen LogP contribution in [0.4, 0.5) is 0 Å². The van der Waals surface area contributed by atoms with Crippen LogP contribution in [0, 0.1) is 0 Å². The number of benzene rings is 2. The van der Waals surface area contributed by atoms with Crippen molar-refractivity contribution in [1.82, 2.24) is 5.43 Å². The van der Waals surface area contributed by atoms with E-state index < -0.39 is 5.91 Å². The second kappa shape index (κ2) is 6.08. The molecule has 0 radical (unpaired) electrons. The van der Waals surface area contributed by atoms with E-state index in [1.165, 1.54) is 18.3 Å². The van der Waals surface area contributed by atoms with E-state index in [2.05, 4.69) is 10.5 Å². The van der Waals surface area contributed by atoms with Gasteiger partial charge in [-0.25, -0.2) is 5.43 Å². The van der Waals surface area contributed by atoms with E-state index in [-0.39, 0.29) is 17.1 Å². The molecule has 0 aliphatic rings. The van der Waals surface area contributed by atoms with Crippen LogP contribution >= 0.6 is 11.6 Å². The standard InChI is InChI=1S/C14H11ClN2O3/c15-10-3-1-2-9(6-10)8-16-17-14(20)12-5-4-11(18)7-13(12)19/h1-8,18-19H,(H,17,20)/b16-8+. The van der Waals surface area contributed by atoms with Crippen LogP contribution < -0.4 is 5.43 Å². The van der Waals surface area contributed by atoms with Crippen molar-refractivity contribution in [3.05, 3.63) is 58.6 Å². The fraction of sp³-hybridized carbons (Fsp3) is 0. The van der Waals surface area contributed by atoms with E-state index in [0.717, 1.165) is 11.6 Å². The molecule has 0 bridgehead atoms. The molecule has 0 saturated heterocycles. The number of aromatic hydroxyl groups is 2. The van der Waals surface area contributed by atoms with Crippen LogP contribution in [0.1, 0.15) is 15.9 Å². The van der Waals surface area contributed by atoms with Crippen molar-refractivity contribution < 1.29 is 15.0 Å². The molecular formula is C14H11ClN2O3. The molecule has 0 saturated carbocycles. The van der Waals surface area contributed by atoms with Gasteiger partial charge in [-0.15, -0.1) is 0 Å². The van der Waals surface area contributed by atoms with Crippen molar-refractivity contribution in [3.63, 3.8) is 0 Å². The molecule has 2 aromatic rings. The van der Waals surface area contributed by atoms with Gasteiger partial charge in [-0.05, 0) is 29.8 Å². The third kappa shape index (κ3) is 3.49. The van der Waals surface area contributed by atoms with E-state index in [4.69, 9.17) is 16.7 Å². The largest absolute Gasteiger partial charge is 0.508 e. The van der Waals surface area contributed by atoms with Crippen LogP contribution in [-0.4, -0.2) is 22.3 Å². The Morgan fingerprint density at radius 3 is 2.70 bits per heavy atom. The van der Waals surface area contributed by atoms with Crippen LogP contribution in [-0.2, 0) is 0 Å². The first-order chi connectivity index (χ1) is 9.56. The molecule has 5 nitrogen and oxygen atoms in total. The van der Waals surface area contributed by atoms with Crippen LogP contribution in [0.2, 0.25) is 5.02 Å². The lowest BCUT2D eigenvalue weighted by molar-refractivity contribution is 0.0952. The van der Waals surface area contributed by atoms with Crippen LogP contribution in [0.5, 0.6) is 11.5 Å². The zero-order chi connectivity index (χ0) is 14.5. The zero-order valence-electron chi connectivity index (χ0n) is 10.2. The summed E-state index contributed by atoms with van der Waals surface area (Å²) >= 11 is 5.81. The molecule has 20 heavy (non-hydrogen) atoms. The van der Waals surface area contributed by atoms with Crippen molar-refractivity contribution in [2.24, 2.45) is 5.10 Å². The van der Waals surface area contributed by atoms with E-state index >= 15 is 0 Å². The number of carbonyl (C=O) groups is 1. The number of halogens is 1. The fourth-order valence-corrected chi connectivity index (χ4v) is 1.72. The number of amides is 1. The quantitative estimate of drug-likeness (QED) is 0.600. The molecule has 0 heterocycles. The lowest BCUT2D eigenvalue weighted by atomic mass is 10.2. The second-order valence-corrected chi connectivity index (χ2v) is 4.39. The van der Waals surface area contributed by atoms with Crippen LogP contribution in [0.25, 0.3) is 0 Å². The van der Waals surface area contributed by atoms with Crippen molar-refractivity contribution in [1.29, 1.82) is 0 Å². The van der Waals surface area contributed by atoms with E-state index in [9.17, 15) is 9.90 Å². The Hall–Kier alpha value is -2.53. The predicted molar refractivity (Wildman–Crippen MR) is 76.3 cm³/mol. The normalized spacial score (nSPS) is 10.7. The number of rotatable bonds is 3. The zero-order valence-corrected chi connectivity index (χ0v) is 11.0. The van der Waals surface area contributed by atoms with Crippen LogP contribution in [0.3, 0.4) is 0 Å². The van der Waals surface area contributed by atoms with Crippen molar-refractivity contribution in [2.45, 2.75) is 0 Å². The van der Waals surface area contributed by atoms with Crippen LogP contribution in [0.15, 0.2) is 47.6 Å². The van der Waals surface area contributed by atoms with Gasteiger partial charge in [0.2, 0.25) is 0 Å². The summed E-state index contributed by atoms with van der Waals surface area (Å²) in [5.74, 6) is -1.03. The fourth-order valence-electron chi connectivity index (χ4n) is 1.52. The van der Waals surface area contributed by atoms with Gasteiger partial charge in [-0.2, -0.15) is 5.10 Å². The minimum Gasteiger partial charge on any atom is -0.508 e. The summed E-state index contributed by atoms with van der Waals surface area (Å²) in [5, 5.41) is 23.0. The molecule has 2 rings (SSSR count). The molecule has 0 aliphatic heterocycles. The first kappa shape index (κ1) is 13.9. The summed E-state index contributed by atoms with van der Waals surface area (Å²) < 4.78 is 0. The molecule has 0 atom stereocenters. The van der Waals surface area contributed by atoms with Crippen molar-refractivity contribution >= 4 is 23.7 Å². The van der Waals surface area contributed by atoms with E-state index in [1.54, 1.807) is 24.3 Å². The first-order valence-electron chi connectivity index (χ1n) is 5.67.